The van der Waals surface area contributed by atoms with E-state index in [1.54, 1.807) is 0 Å². The molecule has 46 heavy (non-hydrogen) atoms. The second-order valence-corrected chi connectivity index (χ2v) is 13.6. The molecule has 9 aromatic rings. The summed E-state index contributed by atoms with van der Waals surface area (Å²) < 4.78 is 5.25. The average Bonchev–Trinajstić information content (AvgIpc) is 3.68. The number of thiophene rings is 2. The third-order valence-electron chi connectivity index (χ3n) is 8.63. The van der Waals surface area contributed by atoms with Crippen LogP contribution in [0.3, 0.4) is 0 Å². The van der Waals surface area contributed by atoms with Crippen molar-refractivity contribution in [2.24, 2.45) is 0 Å². The maximum Gasteiger partial charge on any atom is 0.0468 e. The van der Waals surface area contributed by atoms with Gasteiger partial charge in [-0.25, -0.2) is 0 Å². The van der Waals surface area contributed by atoms with E-state index in [9.17, 15) is 0 Å². The predicted octanol–water partition coefficient (Wildman–Crippen LogP) is 13.4. The molecule has 9 rings (SSSR count). The molecule has 0 aliphatic rings. The molecule has 0 amide bonds. The topological polar surface area (TPSA) is 6.48 Å². The molecule has 0 unspecified atom stereocenters. The molecule has 0 saturated heterocycles. The van der Waals surface area contributed by atoms with Crippen molar-refractivity contribution in [3.63, 3.8) is 0 Å². The van der Waals surface area contributed by atoms with Crippen LogP contribution in [-0.4, -0.2) is 0 Å². The highest BCUT2D eigenvalue weighted by Crippen LogP contribution is 2.43. The summed E-state index contributed by atoms with van der Waals surface area (Å²) in [4.78, 5) is 4.71. The van der Waals surface area contributed by atoms with E-state index in [1.165, 1.54) is 40.3 Å². The highest BCUT2D eigenvalue weighted by atomic mass is 32.1. The standard InChI is InChI=1S/C42H28N2S2/c1-3-11-29(12-4-1)43(33-23-25-41-37(27-33)35-15-7-9-17-39(35)45-41)31-19-21-32(22-20-31)44(30-13-5-2-6-14-30)34-24-26-42-38(28-34)36-16-8-10-18-40(36)46-42/h1-28H. The van der Waals surface area contributed by atoms with Crippen molar-refractivity contribution in [3.8, 4) is 0 Å². The number of para-hydroxylation sites is 2. The third-order valence-corrected chi connectivity index (χ3v) is 10.9. The van der Waals surface area contributed by atoms with Gasteiger partial charge in [0.2, 0.25) is 0 Å². The Morgan fingerprint density at radius 3 is 1.02 bits per heavy atom. The van der Waals surface area contributed by atoms with Crippen molar-refractivity contribution in [2.45, 2.75) is 0 Å². The average molecular weight is 625 g/mol. The predicted molar refractivity (Wildman–Crippen MR) is 202 cm³/mol. The summed E-state index contributed by atoms with van der Waals surface area (Å²) in [5.74, 6) is 0. The van der Waals surface area contributed by atoms with E-state index >= 15 is 0 Å². The van der Waals surface area contributed by atoms with Gasteiger partial charge in [-0.2, -0.15) is 0 Å². The number of benzene rings is 7. The van der Waals surface area contributed by atoms with E-state index in [4.69, 9.17) is 0 Å². The molecule has 0 N–H and O–H groups in total. The Bertz CT molecular complexity index is 2300. The third kappa shape index (κ3) is 4.62. The molecule has 2 aromatic heterocycles. The quantitative estimate of drug-likeness (QED) is 0.182. The van der Waals surface area contributed by atoms with Gasteiger partial charge in [-0.15, -0.1) is 22.7 Å². The number of anilines is 6. The fourth-order valence-corrected chi connectivity index (χ4v) is 8.68. The number of hydrogen-bond acceptors (Lipinski definition) is 4. The van der Waals surface area contributed by atoms with Crippen LogP contribution in [0.5, 0.6) is 0 Å². The largest absolute Gasteiger partial charge is 0.310 e. The van der Waals surface area contributed by atoms with E-state index in [2.05, 4.69) is 180 Å². The maximum absolute atomic E-state index is 2.35. The number of hydrogen-bond donors (Lipinski definition) is 0. The van der Waals surface area contributed by atoms with E-state index in [-0.39, 0.29) is 0 Å². The first-order valence-corrected chi connectivity index (χ1v) is 17.1. The fraction of sp³-hybridized carbons (Fsp3) is 0. The minimum absolute atomic E-state index is 1.11. The Hall–Kier alpha value is -5.42. The molecule has 0 aliphatic carbocycles. The van der Waals surface area contributed by atoms with Crippen LogP contribution in [0.1, 0.15) is 0 Å². The lowest BCUT2D eigenvalue weighted by molar-refractivity contribution is 1.26. The molecule has 0 saturated carbocycles. The van der Waals surface area contributed by atoms with Gasteiger partial charge in [0.25, 0.3) is 0 Å². The van der Waals surface area contributed by atoms with Gasteiger partial charge in [0.15, 0.2) is 0 Å². The summed E-state index contributed by atoms with van der Waals surface area (Å²) in [7, 11) is 0. The van der Waals surface area contributed by atoms with Crippen LogP contribution < -0.4 is 9.80 Å². The van der Waals surface area contributed by atoms with Gasteiger partial charge in [-0.3, -0.25) is 0 Å². The van der Waals surface area contributed by atoms with E-state index in [0.717, 1.165) is 34.1 Å². The summed E-state index contributed by atoms with van der Waals surface area (Å²) in [5, 5.41) is 5.20. The maximum atomic E-state index is 2.35. The fourth-order valence-electron chi connectivity index (χ4n) is 6.51. The number of nitrogens with zero attached hydrogens (tertiary/aromatic N) is 2. The van der Waals surface area contributed by atoms with Crippen LogP contribution in [-0.2, 0) is 0 Å². The van der Waals surface area contributed by atoms with E-state index in [1.807, 2.05) is 22.7 Å². The highest BCUT2D eigenvalue weighted by molar-refractivity contribution is 7.26. The van der Waals surface area contributed by atoms with Gasteiger partial charge in [0.1, 0.15) is 0 Å². The molecular formula is C42H28N2S2. The van der Waals surface area contributed by atoms with Crippen molar-refractivity contribution in [1.29, 1.82) is 0 Å². The first-order valence-electron chi connectivity index (χ1n) is 15.4. The molecule has 7 aromatic carbocycles. The molecule has 0 radical (unpaired) electrons. The van der Waals surface area contributed by atoms with E-state index in [0.29, 0.717) is 0 Å². The molecule has 0 bridgehead atoms. The zero-order valence-electron chi connectivity index (χ0n) is 24.9. The van der Waals surface area contributed by atoms with Crippen LogP contribution in [0, 0.1) is 0 Å². The Kier molecular flexibility index (Phi) is 6.55. The van der Waals surface area contributed by atoms with Crippen LogP contribution in [0.15, 0.2) is 170 Å². The molecule has 218 valence electrons. The molecule has 0 fully saturated rings. The van der Waals surface area contributed by atoms with Crippen LogP contribution in [0.25, 0.3) is 40.3 Å². The van der Waals surface area contributed by atoms with Crippen LogP contribution >= 0.6 is 22.7 Å². The first-order chi connectivity index (χ1) is 22.8. The number of rotatable bonds is 6. The SMILES string of the molecule is c1ccc(N(c2ccc(N(c3ccccc3)c3ccc4sc5ccccc5c4c3)cc2)c2ccc3sc4ccccc4c3c2)cc1. The van der Waals surface area contributed by atoms with Crippen LogP contribution in [0.2, 0.25) is 0 Å². The highest BCUT2D eigenvalue weighted by Gasteiger charge is 2.18. The molecule has 0 spiro atoms. The van der Waals surface area contributed by atoms with Gasteiger partial charge in [0.05, 0.1) is 0 Å². The normalized spacial score (nSPS) is 11.5. The minimum atomic E-state index is 1.11. The second kappa shape index (κ2) is 11.2. The first kappa shape index (κ1) is 26.9. The van der Waals surface area contributed by atoms with Gasteiger partial charge in [-0.05, 0) is 97.1 Å². The molecular weight excluding hydrogens is 597 g/mol. The Morgan fingerprint density at radius 2 is 0.587 bits per heavy atom. The van der Waals surface area contributed by atoms with Crippen LogP contribution in [0.4, 0.5) is 34.1 Å². The molecule has 0 aliphatic heterocycles. The van der Waals surface area contributed by atoms with E-state index < -0.39 is 0 Å². The van der Waals surface area contributed by atoms with Crippen molar-refractivity contribution in [1.82, 2.24) is 0 Å². The zero-order valence-corrected chi connectivity index (χ0v) is 26.5. The molecule has 4 heteroatoms. The Balaban J connectivity index is 1.17. The lowest BCUT2D eigenvalue weighted by atomic mass is 10.1. The summed E-state index contributed by atoms with van der Waals surface area (Å²) in [6.45, 7) is 0. The molecule has 2 nitrogen and oxygen atoms in total. The number of fused-ring (bicyclic) bond motifs is 6. The van der Waals surface area contributed by atoms with Gasteiger partial charge >= 0.3 is 0 Å². The second-order valence-electron chi connectivity index (χ2n) is 11.4. The van der Waals surface area contributed by atoms with Crippen molar-refractivity contribution in [2.75, 3.05) is 9.80 Å². The molecule has 2 heterocycles. The minimum Gasteiger partial charge on any atom is -0.310 e. The molecule has 0 atom stereocenters. The summed E-state index contributed by atoms with van der Waals surface area (Å²) in [6.07, 6.45) is 0. The summed E-state index contributed by atoms with van der Waals surface area (Å²) >= 11 is 3.71. The van der Waals surface area contributed by atoms with Gasteiger partial charge in [0, 0.05) is 74.5 Å². The Morgan fingerprint density at radius 1 is 0.261 bits per heavy atom. The van der Waals surface area contributed by atoms with Gasteiger partial charge in [-0.1, -0.05) is 72.8 Å². The van der Waals surface area contributed by atoms with Gasteiger partial charge < -0.3 is 9.80 Å². The monoisotopic (exact) mass is 624 g/mol. The smallest absolute Gasteiger partial charge is 0.0468 e. The van der Waals surface area contributed by atoms with Crippen molar-refractivity contribution in [3.05, 3.63) is 170 Å². The summed E-state index contributed by atoms with van der Waals surface area (Å²) in [6, 6.07) is 61.4. The summed E-state index contributed by atoms with van der Waals surface area (Å²) in [5.41, 5.74) is 6.77. The zero-order chi connectivity index (χ0) is 30.5. The van der Waals surface area contributed by atoms with Crippen molar-refractivity contribution < 1.29 is 0 Å². The van der Waals surface area contributed by atoms with Crippen molar-refractivity contribution >= 4 is 97.1 Å². The lowest BCUT2D eigenvalue weighted by Gasteiger charge is -2.28. The Labute approximate surface area is 275 Å². The lowest BCUT2D eigenvalue weighted by Crippen LogP contribution is -2.12.